The number of fused-ring (bicyclic) bond motifs is 1. The first-order valence-corrected chi connectivity index (χ1v) is 9.05. The van der Waals surface area contributed by atoms with Crippen molar-refractivity contribution < 1.29 is 14.6 Å². The lowest BCUT2D eigenvalue weighted by Crippen LogP contribution is -2.21. The largest absolute Gasteiger partial charge is 0.393 e. The fourth-order valence-corrected chi connectivity index (χ4v) is 4.33. The third kappa shape index (κ3) is 4.42. The van der Waals surface area contributed by atoms with Crippen molar-refractivity contribution in [3.05, 3.63) is 35.9 Å². The van der Waals surface area contributed by atoms with Gasteiger partial charge in [-0.3, -0.25) is 4.79 Å². The van der Waals surface area contributed by atoms with Gasteiger partial charge in [-0.2, -0.15) is 0 Å². The van der Waals surface area contributed by atoms with Crippen LogP contribution >= 0.6 is 0 Å². The molecule has 0 heterocycles. The predicted molar refractivity (Wildman–Crippen MR) is 89.9 cm³/mol. The molecule has 126 valence electrons. The Balaban J connectivity index is 1.24. The van der Waals surface area contributed by atoms with Crippen molar-refractivity contribution in [3.8, 4) is 0 Å². The standard InChI is InChI=1S/C20H28O3/c21-18-12-17-11-16(20(22)19(17)13-18)9-5-2-6-10-23-14-15-7-3-1-4-8-15/h1,3-4,7-8,16-17,19-20,22H,2,5-6,9-14H2/t16-,17+,19-,20+/m1/s1. The number of rotatable bonds is 8. The molecule has 0 aliphatic heterocycles. The van der Waals surface area contributed by atoms with Gasteiger partial charge in [0.15, 0.2) is 0 Å². The summed E-state index contributed by atoms with van der Waals surface area (Å²) in [5, 5.41) is 10.4. The molecule has 0 radical (unpaired) electrons. The molecule has 1 aromatic rings. The number of ketones is 1. The number of carbonyl (C=O) groups excluding carboxylic acids is 1. The Labute approximate surface area is 139 Å². The normalized spacial score (nSPS) is 29.9. The van der Waals surface area contributed by atoms with Crippen LogP contribution in [0.15, 0.2) is 30.3 Å². The van der Waals surface area contributed by atoms with Crippen LogP contribution in [-0.2, 0) is 16.1 Å². The average Bonchev–Trinajstić information content (AvgIpc) is 3.05. The van der Waals surface area contributed by atoms with E-state index in [-0.39, 0.29) is 12.0 Å². The fraction of sp³-hybridized carbons (Fsp3) is 0.650. The Hall–Kier alpha value is -1.19. The highest BCUT2D eigenvalue weighted by atomic mass is 16.5. The number of Topliss-reactive ketones (excluding diaryl/α,β-unsaturated/α-hetero) is 1. The molecule has 0 spiro atoms. The molecule has 1 aromatic carbocycles. The number of aliphatic hydroxyl groups is 1. The summed E-state index contributed by atoms with van der Waals surface area (Å²) in [6.45, 7) is 1.50. The molecule has 3 nitrogen and oxygen atoms in total. The van der Waals surface area contributed by atoms with Crippen molar-refractivity contribution >= 4 is 5.78 Å². The van der Waals surface area contributed by atoms with Crippen LogP contribution in [-0.4, -0.2) is 23.6 Å². The van der Waals surface area contributed by atoms with E-state index in [9.17, 15) is 9.90 Å². The van der Waals surface area contributed by atoms with Crippen LogP contribution in [0, 0.1) is 17.8 Å². The van der Waals surface area contributed by atoms with Gasteiger partial charge in [0.05, 0.1) is 12.7 Å². The van der Waals surface area contributed by atoms with Crippen molar-refractivity contribution in [1.29, 1.82) is 0 Å². The molecule has 2 fully saturated rings. The number of hydrogen-bond acceptors (Lipinski definition) is 3. The van der Waals surface area contributed by atoms with E-state index in [4.69, 9.17) is 4.74 Å². The number of ether oxygens (including phenoxy) is 1. The van der Waals surface area contributed by atoms with Crippen LogP contribution in [0.25, 0.3) is 0 Å². The first-order valence-electron chi connectivity index (χ1n) is 9.05. The van der Waals surface area contributed by atoms with Gasteiger partial charge >= 0.3 is 0 Å². The van der Waals surface area contributed by atoms with Gasteiger partial charge in [0, 0.05) is 19.4 Å². The van der Waals surface area contributed by atoms with Gasteiger partial charge in [-0.15, -0.1) is 0 Å². The molecule has 4 atom stereocenters. The molecular weight excluding hydrogens is 288 g/mol. The van der Waals surface area contributed by atoms with E-state index in [2.05, 4.69) is 12.1 Å². The summed E-state index contributed by atoms with van der Waals surface area (Å²) in [4.78, 5) is 11.4. The minimum absolute atomic E-state index is 0.235. The summed E-state index contributed by atoms with van der Waals surface area (Å²) >= 11 is 0. The molecule has 23 heavy (non-hydrogen) atoms. The van der Waals surface area contributed by atoms with Crippen LogP contribution in [0.4, 0.5) is 0 Å². The fourth-order valence-electron chi connectivity index (χ4n) is 4.33. The lowest BCUT2D eigenvalue weighted by molar-refractivity contribution is -0.118. The minimum Gasteiger partial charge on any atom is -0.393 e. The van der Waals surface area contributed by atoms with Gasteiger partial charge in [-0.05, 0) is 42.6 Å². The summed E-state index contributed by atoms with van der Waals surface area (Å²) in [5.74, 6) is 1.51. The highest BCUT2D eigenvalue weighted by Gasteiger charge is 2.46. The number of carbonyl (C=O) groups is 1. The smallest absolute Gasteiger partial charge is 0.133 e. The van der Waals surface area contributed by atoms with E-state index < -0.39 is 0 Å². The van der Waals surface area contributed by atoms with E-state index in [1.165, 1.54) is 5.56 Å². The first-order chi connectivity index (χ1) is 11.2. The number of unbranched alkanes of at least 4 members (excludes halogenated alkanes) is 2. The quantitative estimate of drug-likeness (QED) is 0.743. The van der Waals surface area contributed by atoms with E-state index in [1.54, 1.807) is 0 Å². The van der Waals surface area contributed by atoms with Gasteiger partial charge in [0.2, 0.25) is 0 Å². The molecule has 2 aliphatic rings. The summed E-state index contributed by atoms with van der Waals surface area (Å²) < 4.78 is 5.70. The van der Waals surface area contributed by atoms with Gasteiger partial charge < -0.3 is 9.84 Å². The topological polar surface area (TPSA) is 46.5 Å². The Morgan fingerprint density at radius 1 is 1.09 bits per heavy atom. The van der Waals surface area contributed by atoms with Crippen LogP contribution < -0.4 is 0 Å². The average molecular weight is 316 g/mol. The molecular formula is C20H28O3. The zero-order valence-corrected chi connectivity index (χ0v) is 13.8. The van der Waals surface area contributed by atoms with Gasteiger partial charge in [0.1, 0.15) is 5.78 Å². The molecule has 3 rings (SSSR count). The molecule has 2 aliphatic carbocycles. The second-order valence-corrected chi connectivity index (χ2v) is 7.24. The lowest BCUT2D eigenvalue weighted by Gasteiger charge is -2.17. The molecule has 3 heteroatoms. The summed E-state index contributed by atoms with van der Waals surface area (Å²) in [6, 6.07) is 10.3. The number of aliphatic hydroxyl groups excluding tert-OH is 1. The summed E-state index contributed by atoms with van der Waals surface area (Å²) in [7, 11) is 0. The van der Waals surface area contributed by atoms with E-state index in [1.807, 2.05) is 18.2 Å². The van der Waals surface area contributed by atoms with Gasteiger partial charge in [-0.25, -0.2) is 0 Å². The highest BCUT2D eigenvalue weighted by molar-refractivity contribution is 5.81. The number of benzene rings is 1. The maximum absolute atomic E-state index is 11.4. The summed E-state index contributed by atoms with van der Waals surface area (Å²) in [5.41, 5.74) is 1.22. The zero-order chi connectivity index (χ0) is 16.1. The Morgan fingerprint density at radius 3 is 2.70 bits per heavy atom. The lowest BCUT2D eigenvalue weighted by atomic mass is 9.94. The predicted octanol–water partition coefficient (Wildman–Crippen LogP) is 3.74. The van der Waals surface area contributed by atoms with Crippen molar-refractivity contribution in [2.24, 2.45) is 17.8 Å². The second kappa shape index (κ2) is 8.07. The van der Waals surface area contributed by atoms with E-state index in [0.29, 0.717) is 37.1 Å². The third-order valence-corrected chi connectivity index (χ3v) is 5.56. The van der Waals surface area contributed by atoms with Crippen molar-refractivity contribution in [3.63, 3.8) is 0 Å². The third-order valence-electron chi connectivity index (χ3n) is 5.56. The Kier molecular flexibility index (Phi) is 5.85. The van der Waals surface area contributed by atoms with E-state index in [0.717, 1.165) is 38.7 Å². The Morgan fingerprint density at radius 2 is 1.91 bits per heavy atom. The second-order valence-electron chi connectivity index (χ2n) is 7.24. The molecule has 0 amide bonds. The van der Waals surface area contributed by atoms with Crippen molar-refractivity contribution in [2.75, 3.05) is 6.61 Å². The molecule has 0 bridgehead atoms. The first kappa shape index (κ1) is 16.7. The summed E-state index contributed by atoms with van der Waals surface area (Å²) in [6.07, 6.45) is 6.65. The molecule has 0 aromatic heterocycles. The maximum Gasteiger partial charge on any atom is 0.133 e. The zero-order valence-electron chi connectivity index (χ0n) is 13.8. The number of hydrogen-bond donors (Lipinski definition) is 1. The minimum atomic E-state index is -0.235. The SMILES string of the molecule is O=C1C[C@@H]2C[C@@H](CCCCCOCc3ccccc3)[C@H](O)[C@@H]2C1. The molecule has 2 saturated carbocycles. The molecule has 0 unspecified atom stereocenters. The van der Waals surface area contributed by atoms with Gasteiger partial charge in [0.25, 0.3) is 0 Å². The molecule has 0 saturated heterocycles. The monoisotopic (exact) mass is 316 g/mol. The molecule has 1 N–H and O–H groups in total. The Bertz CT molecular complexity index is 499. The van der Waals surface area contributed by atoms with Crippen molar-refractivity contribution in [2.45, 2.75) is 57.7 Å². The van der Waals surface area contributed by atoms with Crippen molar-refractivity contribution in [1.82, 2.24) is 0 Å². The van der Waals surface area contributed by atoms with Crippen LogP contribution in [0.5, 0.6) is 0 Å². The maximum atomic E-state index is 11.4. The van der Waals surface area contributed by atoms with E-state index >= 15 is 0 Å². The van der Waals surface area contributed by atoms with Crippen LogP contribution in [0.3, 0.4) is 0 Å². The highest BCUT2D eigenvalue weighted by Crippen LogP contribution is 2.47. The van der Waals surface area contributed by atoms with Crippen LogP contribution in [0.1, 0.15) is 50.5 Å². The van der Waals surface area contributed by atoms with Crippen LogP contribution in [0.2, 0.25) is 0 Å². The van der Waals surface area contributed by atoms with Gasteiger partial charge in [-0.1, -0.05) is 43.2 Å².